The van der Waals surface area contributed by atoms with Crippen molar-refractivity contribution in [2.24, 2.45) is 5.92 Å². The molecule has 0 saturated carbocycles. The van der Waals surface area contributed by atoms with Gasteiger partial charge in [-0.25, -0.2) is 4.39 Å². The topological polar surface area (TPSA) is 47.5 Å². The van der Waals surface area contributed by atoms with Gasteiger partial charge in [0, 0.05) is 23.9 Å². The average molecular weight is 381 g/mol. The number of nitrogens with zero attached hydrogens (tertiary/aromatic N) is 3. The molecule has 2 heterocycles. The van der Waals surface area contributed by atoms with E-state index in [0.29, 0.717) is 17.4 Å². The maximum absolute atomic E-state index is 13.9. The number of aromatic nitrogens is 2. The van der Waals surface area contributed by atoms with E-state index in [4.69, 9.17) is 9.47 Å². The monoisotopic (exact) mass is 381 g/mol. The van der Waals surface area contributed by atoms with E-state index >= 15 is 0 Å². The molecule has 1 aliphatic heterocycles. The van der Waals surface area contributed by atoms with Crippen molar-refractivity contribution in [3.8, 4) is 11.5 Å². The highest BCUT2D eigenvalue weighted by Gasteiger charge is 2.23. The highest BCUT2D eigenvalue weighted by Crippen LogP contribution is 2.36. The van der Waals surface area contributed by atoms with Crippen LogP contribution in [0.25, 0.3) is 10.8 Å². The molecule has 28 heavy (non-hydrogen) atoms. The van der Waals surface area contributed by atoms with Crippen LogP contribution in [0.3, 0.4) is 0 Å². The van der Waals surface area contributed by atoms with Gasteiger partial charge in [0.2, 0.25) is 0 Å². The molecular weight excluding hydrogens is 357 g/mol. The Morgan fingerprint density at radius 1 is 1.07 bits per heavy atom. The zero-order chi connectivity index (χ0) is 19.5. The van der Waals surface area contributed by atoms with E-state index in [-0.39, 0.29) is 5.82 Å². The molecule has 0 atom stereocenters. The minimum atomic E-state index is -0.106. The largest absolute Gasteiger partial charge is 0.493 e. The number of anilines is 1. The fourth-order valence-electron chi connectivity index (χ4n) is 3.95. The van der Waals surface area contributed by atoms with E-state index < -0.39 is 0 Å². The van der Waals surface area contributed by atoms with Crippen molar-refractivity contribution in [3.63, 3.8) is 0 Å². The first-order valence-corrected chi connectivity index (χ1v) is 9.55. The summed E-state index contributed by atoms with van der Waals surface area (Å²) in [5.74, 6) is 2.59. The number of benzene rings is 2. The molecule has 146 valence electrons. The minimum Gasteiger partial charge on any atom is -0.493 e. The van der Waals surface area contributed by atoms with Crippen LogP contribution in [0.15, 0.2) is 42.6 Å². The summed E-state index contributed by atoms with van der Waals surface area (Å²) in [5.41, 5.74) is 0.808. The predicted octanol–water partition coefficient (Wildman–Crippen LogP) is 4.25. The van der Waals surface area contributed by atoms with Gasteiger partial charge in [0.1, 0.15) is 5.82 Å². The van der Waals surface area contributed by atoms with Crippen LogP contribution in [0.1, 0.15) is 18.4 Å². The normalized spacial score (nSPS) is 15.0. The van der Waals surface area contributed by atoms with Gasteiger partial charge in [-0.05, 0) is 48.9 Å². The molecule has 0 aliphatic carbocycles. The summed E-state index contributed by atoms with van der Waals surface area (Å²) in [7, 11) is 3.26. The molecule has 1 aromatic heterocycles. The molecule has 1 aliphatic rings. The van der Waals surface area contributed by atoms with E-state index in [1.807, 2.05) is 24.3 Å². The zero-order valence-electron chi connectivity index (χ0n) is 16.2. The summed E-state index contributed by atoms with van der Waals surface area (Å²) in [4.78, 5) is 2.26. The number of methoxy groups -OCH3 is 2. The summed E-state index contributed by atoms with van der Waals surface area (Å²) < 4.78 is 24.8. The maximum Gasteiger partial charge on any atom is 0.161 e. The molecule has 1 fully saturated rings. The number of piperidine rings is 1. The van der Waals surface area contributed by atoms with Crippen LogP contribution in [0.2, 0.25) is 0 Å². The first-order chi connectivity index (χ1) is 13.7. The number of ether oxygens (including phenoxy) is 2. The smallest absolute Gasteiger partial charge is 0.161 e. The van der Waals surface area contributed by atoms with Gasteiger partial charge in [0.05, 0.1) is 20.4 Å². The highest BCUT2D eigenvalue weighted by atomic mass is 19.1. The van der Waals surface area contributed by atoms with Crippen LogP contribution < -0.4 is 14.4 Å². The molecule has 0 spiro atoms. The second-order valence-electron chi connectivity index (χ2n) is 7.19. The molecule has 2 aromatic carbocycles. The van der Waals surface area contributed by atoms with E-state index in [1.54, 1.807) is 26.5 Å². The van der Waals surface area contributed by atoms with Gasteiger partial charge in [-0.3, -0.25) is 0 Å². The van der Waals surface area contributed by atoms with Crippen LogP contribution in [0.5, 0.6) is 11.5 Å². The number of halogens is 1. The molecule has 5 nitrogen and oxygen atoms in total. The van der Waals surface area contributed by atoms with Crippen LogP contribution in [-0.4, -0.2) is 37.5 Å². The highest BCUT2D eigenvalue weighted by molar-refractivity contribution is 5.94. The number of fused-ring (bicyclic) bond motifs is 1. The fourth-order valence-corrected chi connectivity index (χ4v) is 3.95. The molecule has 0 unspecified atom stereocenters. The maximum atomic E-state index is 13.9. The van der Waals surface area contributed by atoms with Crippen LogP contribution in [-0.2, 0) is 6.42 Å². The Morgan fingerprint density at radius 3 is 2.50 bits per heavy atom. The van der Waals surface area contributed by atoms with Crippen molar-refractivity contribution < 1.29 is 13.9 Å². The minimum absolute atomic E-state index is 0.106. The predicted molar refractivity (Wildman–Crippen MR) is 108 cm³/mol. The Labute approximate surface area is 164 Å². The molecular formula is C22H24FN3O2. The molecule has 1 saturated heterocycles. The second-order valence-corrected chi connectivity index (χ2v) is 7.19. The lowest BCUT2D eigenvalue weighted by Gasteiger charge is -2.33. The summed E-state index contributed by atoms with van der Waals surface area (Å²) in [6.07, 6.45) is 4.53. The van der Waals surface area contributed by atoms with Crippen molar-refractivity contribution in [3.05, 3.63) is 54.0 Å². The Hall–Kier alpha value is -2.89. The van der Waals surface area contributed by atoms with E-state index in [1.165, 1.54) is 6.07 Å². The van der Waals surface area contributed by atoms with Crippen molar-refractivity contribution in [2.45, 2.75) is 19.3 Å². The SMILES string of the molecule is COc1cc2cnnc(N3CCC(Cc4ccccc4F)CC3)c2cc1OC. The molecule has 6 heteroatoms. The number of hydrogen-bond donors (Lipinski definition) is 0. The molecule has 0 bridgehead atoms. The molecule has 3 aromatic rings. The van der Waals surface area contributed by atoms with E-state index in [2.05, 4.69) is 15.1 Å². The molecule has 0 N–H and O–H groups in total. The van der Waals surface area contributed by atoms with Gasteiger partial charge < -0.3 is 14.4 Å². The Balaban J connectivity index is 1.53. The third-order valence-electron chi connectivity index (χ3n) is 5.53. The summed E-state index contributed by atoms with van der Waals surface area (Å²) in [5, 5.41) is 10.6. The fraction of sp³-hybridized carbons (Fsp3) is 0.364. The first kappa shape index (κ1) is 18.5. The van der Waals surface area contributed by atoms with Crippen molar-refractivity contribution in [1.29, 1.82) is 0 Å². The lowest BCUT2D eigenvalue weighted by molar-refractivity contribution is 0.356. The quantitative estimate of drug-likeness (QED) is 0.661. The van der Waals surface area contributed by atoms with E-state index in [9.17, 15) is 4.39 Å². The van der Waals surface area contributed by atoms with Crippen molar-refractivity contribution >= 4 is 16.6 Å². The van der Waals surface area contributed by atoms with Gasteiger partial charge in [0.15, 0.2) is 17.3 Å². The van der Waals surface area contributed by atoms with Crippen LogP contribution in [0, 0.1) is 11.7 Å². The summed E-state index contributed by atoms with van der Waals surface area (Å²) >= 11 is 0. The average Bonchev–Trinajstić information content (AvgIpc) is 2.74. The lowest BCUT2D eigenvalue weighted by atomic mass is 9.90. The third-order valence-corrected chi connectivity index (χ3v) is 5.53. The standard InChI is InChI=1S/C22H24FN3O2/c1-27-20-12-17-14-24-25-22(18(17)13-21(20)28-2)26-9-7-15(8-10-26)11-16-5-3-4-6-19(16)23/h3-6,12-15H,7-11H2,1-2H3. The van der Waals surface area contributed by atoms with Crippen molar-refractivity contribution in [2.75, 3.05) is 32.2 Å². The number of hydrogen-bond acceptors (Lipinski definition) is 5. The Bertz CT molecular complexity index is 971. The van der Waals surface area contributed by atoms with Crippen molar-refractivity contribution in [1.82, 2.24) is 10.2 Å². The zero-order valence-corrected chi connectivity index (χ0v) is 16.2. The van der Waals surface area contributed by atoms with Gasteiger partial charge in [-0.15, -0.1) is 5.10 Å². The second kappa shape index (κ2) is 8.00. The van der Waals surface area contributed by atoms with E-state index in [0.717, 1.165) is 54.5 Å². The molecule has 0 amide bonds. The molecule has 4 rings (SSSR count). The van der Waals surface area contributed by atoms with Crippen LogP contribution in [0.4, 0.5) is 10.2 Å². The van der Waals surface area contributed by atoms with Gasteiger partial charge >= 0.3 is 0 Å². The molecule has 0 radical (unpaired) electrons. The third kappa shape index (κ3) is 3.59. The van der Waals surface area contributed by atoms with Crippen LogP contribution >= 0.6 is 0 Å². The summed E-state index contributed by atoms with van der Waals surface area (Å²) in [6.45, 7) is 1.75. The summed E-state index contributed by atoms with van der Waals surface area (Å²) in [6, 6.07) is 11.0. The lowest BCUT2D eigenvalue weighted by Crippen LogP contribution is -2.35. The Kier molecular flexibility index (Phi) is 5.28. The van der Waals surface area contributed by atoms with Gasteiger partial charge in [-0.2, -0.15) is 5.10 Å². The number of rotatable bonds is 5. The van der Waals surface area contributed by atoms with Gasteiger partial charge in [-0.1, -0.05) is 18.2 Å². The van der Waals surface area contributed by atoms with Gasteiger partial charge in [0.25, 0.3) is 0 Å². The first-order valence-electron chi connectivity index (χ1n) is 9.55. The Morgan fingerprint density at radius 2 is 1.79 bits per heavy atom.